The molecule has 11 heteroatoms. The minimum Gasteiger partial charge on any atom is -0.490 e. The number of carbonyl (C=O) groups is 1. The van der Waals surface area contributed by atoms with Crippen molar-refractivity contribution in [2.45, 2.75) is 97.6 Å². The van der Waals surface area contributed by atoms with Gasteiger partial charge in [-0.15, -0.1) is 24.5 Å². The first-order valence-corrected chi connectivity index (χ1v) is 18.2. The van der Waals surface area contributed by atoms with Crippen molar-refractivity contribution in [3.8, 4) is 16.5 Å². The fourth-order valence-electron chi connectivity index (χ4n) is 6.18. The third-order valence-electron chi connectivity index (χ3n) is 8.65. The second-order valence-corrected chi connectivity index (χ2v) is 15.1. The lowest BCUT2D eigenvalue weighted by molar-refractivity contribution is -0.166. The van der Waals surface area contributed by atoms with Crippen molar-refractivity contribution in [1.82, 2.24) is 19.6 Å². The van der Waals surface area contributed by atoms with Crippen LogP contribution in [0.3, 0.4) is 0 Å². The molecule has 1 aliphatic rings. The number of esters is 1. The summed E-state index contributed by atoms with van der Waals surface area (Å²) < 4.78 is 26.3. The van der Waals surface area contributed by atoms with Crippen molar-refractivity contribution >= 4 is 28.8 Å². The quantitative estimate of drug-likeness (QED) is 0.0900. The number of para-hydroxylation sites is 1. The highest BCUT2D eigenvalue weighted by atomic mass is 32.1. The molecule has 4 heterocycles. The standard InChI is InChI=1S/C39H51N5O5S/c1-10-15-26(4)48-31-17-14-13-16-28(31)23-29-25-40-35(50-29)30-24-32-41-27(5)33(34(37(45)46-12-3)49-38(6,7)8)36(44(32)42-30)43-20-18-39(9,19-21-43)47-22-11-2/h10-11,13-14,16-17,24-26,34H,1-2,12,15,18-23H2,3-9H3. The molecule has 3 aromatic heterocycles. The van der Waals surface area contributed by atoms with Crippen LogP contribution in [-0.4, -0.2) is 69.2 Å². The molecule has 0 amide bonds. The van der Waals surface area contributed by atoms with Crippen molar-refractivity contribution in [2.75, 3.05) is 31.2 Å². The molecule has 0 radical (unpaired) electrons. The van der Waals surface area contributed by atoms with Gasteiger partial charge >= 0.3 is 5.97 Å². The summed E-state index contributed by atoms with van der Waals surface area (Å²) in [4.78, 5) is 26.7. The molecule has 10 nitrogen and oxygen atoms in total. The first kappa shape index (κ1) is 37.2. The summed E-state index contributed by atoms with van der Waals surface area (Å²) in [6.45, 7) is 23.5. The van der Waals surface area contributed by atoms with Crippen LogP contribution in [0.15, 0.2) is 61.8 Å². The van der Waals surface area contributed by atoms with Gasteiger partial charge in [0.2, 0.25) is 0 Å². The number of piperidine rings is 1. The number of hydrogen-bond acceptors (Lipinski definition) is 10. The van der Waals surface area contributed by atoms with Crippen LogP contribution in [0.4, 0.5) is 5.82 Å². The van der Waals surface area contributed by atoms with Crippen LogP contribution in [0.2, 0.25) is 0 Å². The first-order chi connectivity index (χ1) is 23.8. The summed E-state index contributed by atoms with van der Waals surface area (Å²) in [6.07, 6.45) is 7.62. The first-order valence-electron chi connectivity index (χ1n) is 17.4. The number of aryl methyl sites for hydroxylation is 1. The summed E-state index contributed by atoms with van der Waals surface area (Å²) in [7, 11) is 0. The van der Waals surface area contributed by atoms with Gasteiger partial charge < -0.3 is 23.8 Å². The van der Waals surface area contributed by atoms with Gasteiger partial charge in [-0.25, -0.2) is 14.8 Å². The molecule has 2 atom stereocenters. The molecular weight excluding hydrogens is 651 g/mol. The number of thiazole rings is 1. The Bertz CT molecular complexity index is 1800. The summed E-state index contributed by atoms with van der Waals surface area (Å²) in [5.74, 6) is 1.18. The number of carbonyl (C=O) groups excluding carboxylic acids is 1. The molecule has 50 heavy (non-hydrogen) atoms. The summed E-state index contributed by atoms with van der Waals surface area (Å²) in [5.41, 5.74) is 2.88. The van der Waals surface area contributed by atoms with Gasteiger partial charge in [0.25, 0.3) is 0 Å². The normalized spacial score (nSPS) is 15.9. The Balaban J connectivity index is 1.55. The second kappa shape index (κ2) is 15.9. The van der Waals surface area contributed by atoms with Crippen LogP contribution in [0.1, 0.15) is 88.6 Å². The number of nitrogens with zero attached hydrogens (tertiary/aromatic N) is 5. The molecule has 268 valence electrons. The summed E-state index contributed by atoms with van der Waals surface area (Å²) in [5, 5.41) is 5.89. The predicted octanol–water partition coefficient (Wildman–Crippen LogP) is 8.08. The molecule has 0 spiro atoms. The van der Waals surface area contributed by atoms with Gasteiger partial charge in [-0.1, -0.05) is 30.4 Å². The van der Waals surface area contributed by atoms with Crippen LogP contribution >= 0.6 is 11.3 Å². The van der Waals surface area contributed by atoms with Crippen molar-refractivity contribution in [3.05, 3.63) is 83.5 Å². The van der Waals surface area contributed by atoms with E-state index in [4.69, 9.17) is 34.0 Å². The Morgan fingerprint density at radius 2 is 1.90 bits per heavy atom. The third kappa shape index (κ3) is 8.80. The maximum atomic E-state index is 13.6. The molecule has 1 aromatic carbocycles. The fraction of sp³-hybridized carbons (Fsp3) is 0.487. The molecule has 5 rings (SSSR count). The third-order valence-corrected chi connectivity index (χ3v) is 9.67. The van der Waals surface area contributed by atoms with Crippen molar-refractivity contribution in [3.63, 3.8) is 0 Å². The number of aromatic nitrogens is 4. The highest BCUT2D eigenvalue weighted by molar-refractivity contribution is 7.15. The van der Waals surface area contributed by atoms with Gasteiger partial charge in [0.15, 0.2) is 11.8 Å². The monoisotopic (exact) mass is 701 g/mol. The minimum absolute atomic E-state index is 0.0317. The van der Waals surface area contributed by atoms with Crippen LogP contribution in [-0.2, 0) is 25.4 Å². The molecule has 1 fully saturated rings. The largest absolute Gasteiger partial charge is 0.490 e. The van der Waals surface area contributed by atoms with Gasteiger partial charge in [-0.3, -0.25) is 0 Å². The zero-order valence-corrected chi connectivity index (χ0v) is 31.3. The molecule has 2 unspecified atom stereocenters. The second-order valence-electron chi connectivity index (χ2n) is 14.0. The van der Waals surface area contributed by atoms with Crippen molar-refractivity contribution in [1.29, 1.82) is 0 Å². The highest BCUT2D eigenvalue weighted by Gasteiger charge is 2.38. The molecule has 0 bridgehead atoms. The van der Waals surface area contributed by atoms with E-state index in [-0.39, 0.29) is 18.3 Å². The molecular formula is C39H51N5O5S. The lowest BCUT2D eigenvalue weighted by atomic mass is 9.92. The van der Waals surface area contributed by atoms with Crippen LogP contribution in [0.5, 0.6) is 5.75 Å². The molecule has 1 saturated heterocycles. The van der Waals surface area contributed by atoms with E-state index in [2.05, 4.69) is 31.0 Å². The van der Waals surface area contributed by atoms with Gasteiger partial charge in [0, 0.05) is 48.8 Å². The van der Waals surface area contributed by atoms with E-state index in [9.17, 15) is 4.79 Å². The SMILES string of the molecule is C=CCOC1(C)CCN(c2c(C(OC(C)(C)C)C(=O)OCC)c(C)nc3cc(-c4ncc(Cc5ccccc5OC(C)CC=C)s4)nn23)CC1. The van der Waals surface area contributed by atoms with E-state index in [0.717, 1.165) is 46.3 Å². The Kier molecular flexibility index (Phi) is 11.8. The molecule has 0 saturated carbocycles. The number of rotatable bonds is 15. The van der Waals surface area contributed by atoms with Crippen molar-refractivity contribution in [2.24, 2.45) is 0 Å². The highest BCUT2D eigenvalue weighted by Crippen LogP contribution is 2.39. The van der Waals surface area contributed by atoms with E-state index in [1.165, 1.54) is 0 Å². The Labute approximate surface area is 300 Å². The van der Waals surface area contributed by atoms with Gasteiger partial charge in [0.05, 0.1) is 36.1 Å². The van der Waals surface area contributed by atoms with E-state index >= 15 is 0 Å². The molecule has 0 aliphatic carbocycles. The van der Waals surface area contributed by atoms with Gasteiger partial charge in [-0.2, -0.15) is 9.61 Å². The van der Waals surface area contributed by atoms with Crippen LogP contribution < -0.4 is 9.64 Å². The van der Waals surface area contributed by atoms with Crippen LogP contribution in [0, 0.1) is 6.92 Å². The zero-order chi connectivity index (χ0) is 36.1. The van der Waals surface area contributed by atoms with Crippen molar-refractivity contribution < 1.29 is 23.7 Å². The maximum absolute atomic E-state index is 13.6. The zero-order valence-electron chi connectivity index (χ0n) is 30.5. The smallest absolute Gasteiger partial charge is 0.340 e. The minimum atomic E-state index is -0.997. The topological polar surface area (TPSA) is 100 Å². The van der Waals surface area contributed by atoms with Gasteiger partial charge in [-0.05, 0) is 72.9 Å². The number of fused-ring (bicyclic) bond motifs is 1. The number of hydrogen-bond donors (Lipinski definition) is 0. The average Bonchev–Trinajstić information content (AvgIpc) is 3.70. The summed E-state index contributed by atoms with van der Waals surface area (Å²) in [6, 6.07) is 10.1. The Morgan fingerprint density at radius 3 is 2.58 bits per heavy atom. The predicted molar refractivity (Wildman–Crippen MR) is 199 cm³/mol. The number of anilines is 1. The fourth-order valence-corrected chi connectivity index (χ4v) is 7.07. The number of benzene rings is 1. The van der Waals surface area contributed by atoms with E-state index in [0.29, 0.717) is 48.7 Å². The molecule has 1 aliphatic heterocycles. The lowest BCUT2D eigenvalue weighted by Gasteiger charge is -2.41. The van der Waals surface area contributed by atoms with Crippen LogP contribution in [0.25, 0.3) is 16.3 Å². The molecule has 0 N–H and O–H groups in total. The Morgan fingerprint density at radius 1 is 1.16 bits per heavy atom. The lowest BCUT2D eigenvalue weighted by Crippen LogP contribution is -2.45. The molecule has 4 aromatic rings. The average molecular weight is 702 g/mol. The Hall–Kier alpha value is -4.06. The van der Waals surface area contributed by atoms with Gasteiger partial charge in [0.1, 0.15) is 22.3 Å². The maximum Gasteiger partial charge on any atom is 0.340 e. The van der Waals surface area contributed by atoms with E-state index in [1.807, 2.05) is 75.7 Å². The van der Waals surface area contributed by atoms with E-state index < -0.39 is 17.7 Å². The number of ether oxygens (including phenoxy) is 4. The van der Waals surface area contributed by atoms with E-state index in [1.54, 1.807) is 24.3 Å². The summed E-state index contributed by atoms with van der Waals surface area (Å²) >= 11 is 1.59.